The molecule has 0 aliphatic carbocycles. The SMILES string of the molecule is COc1ccc(NC(=O)C(=O)Nc2ccccc2O)cc1Cl. The normalized spacial score (nSPS) is 9.91. The first-order valence-electron chi connectivity index (χ1n) is 6.25. The number of carbonyl (C=O) groups is 2. The minimum atomic E-state index is -0.909. The van der Waals surface area contributed by atoms with Gasteiger partial charge in [0.25, 0.3) is 0 Å². The molecular formula is C15H13ClN2O4. The lowest BCUT2D eigenvalue weighted by molar-refractivity contribution is -0.133. The van der Waals surface area contributed by atoms with Crippen LogP contribution in [-0.4, -0.2) is 24.0 Å². The molecule has 0 bridgehead atoms. The van der Waals surface area contributed by atoms with Crippen molar-refractivity contribution in [3.63, 3.8) is 0 Å². The maximum Gasteiger partial charge on any atom is 0.314 e. The fourth-order valence-electron chi connectivity index (χ4n) is 1.69. The van der Waals surface area contributed by atoms with Crippen LogP contribution in [0.15, 0.2) is 42.5 Å². The van der Waals surface area contributed by atoms with Crippen molar-refractivity contribution in [2.24, 2.45) is 0 Å². The Hall–Kier alpha value is -2.73. The summed E-state index contributed by atoms with van der Waals surface area (Å²) in [5.74, 6) is -1.47. The largest absolute Gasteiger partial charge is 0.506 e. The second-order valence-electron chi connectivity index (χ2n) is 4.27. The van der Waals surface area contributed by atoms with Crippen molar-refractivity contribution in [2.45, 2.75) is 0 Å². The van der Waals surface area contributed by atoms with Gasteiger partial charge in [0.1, 0.15) is 11.5 Å². The second kappa shape index (κ2) is 6.82. The highest BCUT2D eigenvalue weighted by Gasteiger charge is 2.16. The monoisotopic (exact) mass is 320 g/mol. The maximum absolute atomic E-state index is 11.8. The van der Waals surface area contributed by atoms with Crippen LogP contribution in [-0.2, 0) is 9.59 Å². The molecule has 2 rings (SSSR count). The topological polar surface area (TPSA) is 87.7 Å². The number of hydrogen-bond donors (Lipinski definition) is 3. The number of carbonyl (C=O) groups excluding carboxylic acids is 2. The quantitative estimate of drug-likeness (QED) is 0.599. The van der Waals surface area contributed by atoms with E-state index in [2.05, 4.69) is 10.6 Å². The molecule has 0 radical (unpaired) electrons. The summed E-state index contributed by atoms with van der Waals surface area (Å²) in [6.45, 7) is 0. The number of hydrogen-bond acceptors (Lipinski definition) is 4. The molecule has 0 atom stereocenters. The molecule has 0 heterocycles. The van der Waals surface area contributed by atoms with Crippen molar-refractivity contribution >= 4 is 34.8 Å². The Labute approximate surface area is 131 Å². The van der Waals surface area contributed by atoms with Crippen LogP contribution in [0.4, 0.5) is 11.4 Å². The third-order valence-electron chi connectivity index (χ3n) is 2.77. The number of para-hydroxylation sites is 2. The molecule has 22 heavy (non-hydrogen) atoms. The zero-order valence-electron chi connectivity index (χ0n) is 11.6. The summed E-state index contributed by atoms with van der Waals surface area (Å²) in [5, 5.41) is 14.6. The highest BCUT2D eigenvalue weighted by Crippen LogP contribution is 2.27. The number of methoxy groups -OCH3 is 1. The lowest BCUT2D eigenvalue weighted by Gasteiger charge is -2.09. The minimum absolute atomic E-state index is 0.129. The van der Waals surface area contributed by atoms with Gasteiger partial charge in [-0.2, -0.15) is 0 Å². The lowest BCUT2D eigenvalue weighted by Crippen LogP contribution is -2.29. The molecule has 0 fully saturated rings. The van der Waals surface area contributed by atoms with Gasteiger partial charge in [-0.15, -0.1) is 0 Å². The van der Waals surface area contributed by atoms with Gasteiger partial charge in [0.2, 0.25) is 0 Å². The van der Waals surface area contributed by atoms with Gasteiger partial charge in [0, 0.05) is 5.69 Å². The number of ether oxygens (including phenoxy) is 1. The Bertz CT molecular complexity index is 718. The van der Waals surface area contributed by atoms with E-state index in [1.165, 1.54) is 25.3 Å². The van der Waals surface area contributed by atoms with Crippen LogP contribution in [0.5, 0.6) is 11.5 Å². The summed E-state index contributed by atoms with van der Waals surface area (Å²) < 4.78 is 4.99. The van der Waals surface area contributed by atoms with Crippen LogP contribution in [0.1, 0.15) is 0 Å². The molecule has 0 saturated heterocycles. The zero-order valence-corrected chi connectivity index (χ0v) is 12.3. The molecular weight excluding hydrogens is 308 g/mol. The van der Waals surface area contributed by atoms with E-state index in [1.807, 2.05) is 0 Å². The van der Waals surface area contributed by atoms with Gasteiger partial charge in [-0.25, -0.2) is 0 Å². The summed E-state index contributed by atoms with van der Waals surface area (Å²) >= 11 is 5.93. The number of nitrogens with one attached hydrogen (secondary N) is 2. The smallest absolute Gasteiger partial charge is 0.314 e. The Morgan fingerprint density at radius 2 is 1.77 bits per heavy atom. The van der Waals surface area contributed by atoms with Crippen LogP contribution < -0.4 is 15.4 Å². The van der Waals surface area contributed by atoms with E-state index < -0.39 is 11.8 Å². The molecule has 0 spiro atoms. The van der Waals surface area contributed by atoms with Gasteiger partial charge in [0.05, 0.1) is 17.8 Å². The van der Waals surface area contributed by atoms with E-state index in [1.54, 1.807) is 24.3 Å². The van der Waals surface area contributed by atoms with Gasteiger partial charge in [-0.3, -0.25) is 9.59 Å². The Morgan fingerprint density at radius 3 is 2.41 bits per heavy atom. The van der Waals surface area contributed by atoms with Crippen LogP contribution in [0.2, 0.25) is 5.02 Å². The molecule has 0 unspecified atom stereocenters. The molecule has 3 N–H and O–H groups in total. The van der Waals surface area contributed by atoms with Crippen LogP contribution in [0.25, 0.3) is 0 Å². The maximum atomic E-state index is 11.8. The van der Waals surface area contributed by atoms with E-state index in [-0.39, 0.29) is 11.4 Å². The summed E-state index contributed by atoms with van der Waals surface area (Å²) in [6.07, 6.45) is 0. The molecule has 0 saturated carbocycles. The van der Waals surface area contributed by atoms with E-state index in [0.717, 1.165) is 0 Å². The van der Waals surface area contributed by atoms with Crippen molar-refractivity contribution in [3.8, 4) is 11.5 Å². The van der Waals surface area contributed by atoms with Crippen LogP contribution in [0.3, 0.4) is 0 Å². The van der Waals surface area contributed by atoms with Gasteiger partial charge in [-0.05, 0) is 30.3 Å². The molecule has 0 aromatic heterocycles. The van der Waals surface area contributed by atoms with Crippen molar-refractivity contribution in [1.82, 2.24) is 0 Å². The minimum Gasteiger partial charge on any atom is -0.506 e. The highest BCUT2D eigenvalue weighted by molar-refractivity contribution is 6.44. The van der Waals surface area contributed by atoms with Crippen LogP contribution >= 0.6 is 11.6 Å². The number of phenols is 1. The Balaban J connectivity index is 2.04. The first-order valence-corrected chi connectivity index (χ1v) is 6.63. The zero-order chi connectivity index (χ0) is 16.1. The van der Waals surface area contributed by atoms with Crippen molar-refractivity contribution < 1.29 is 19.4 Å². The number of rotatable bonds is 3. The Kier molecular flexibility index (Phi) is 4.85. The average Bonchev–Trinajstić information content (AvgIpc) is 2.49. The highest BCUT2D eigenvalue weighted by atomic mass is 35.5. The summed E-state index contributed by atoms with van der Waals surface area (Å²) in [7, 11) is 1.47. The lowest BCUT2D eigenvalue weighted by atomic mass is 10.3. The number of benzene rings is 2. The second-order valence-corrected chi connectivity index (χ2v) is 4.68. The van der Waals surface area contributed by atoms with Crippen molar-refractivity contribution in [2.75, 3.05) is 17.7 Å². The predicted molar refractivity (Wildman–Crippen MR) is 83.4 cm³/mol. The molecule has 2 aromatic rings. The van der Waals surface area contributed by atoms with E-state index in [4.69, 9.17) is 16.3 Å². The fraction of sp³-hybridized carbons (Fsp3) is 0.0667. The molecule has 6 nitrogen and oxygen atoms in total. The third-order valence-corrected chi connectivity index (χ3v) is 3.06. The standard InChI is InChI=1S/C15H13ClN2O4/c1-22-13-7-6-9(8-10(13)16)17-14(20)15(21)18-11-4-2-3-5-12(11)19/h2-8,19H,1H3,(H,17,20)(H,18,21). The molecule has 114 valence electrons. The summed E-state index contributed by atoms with van der Waals surface area (Å²) in [6, 6.07) is 10.7. The first-order chi connectivity index (χ1) is 10.5. The molecule has 0 aliphatic heterocycles. The first kappa shape index (κ1) is 15.7. The third kappa shape index (κ3) is 3.67. The molecule has 7 heteroatoms. The number of anilines is 2. The van der Waals surface area contributed by atoms with E-state index >= 15 is 0 Å². The van der Waals surface area contributed by atoms with Gasteiger partial charge >= 0.3 is 11.8 Å². The number of amides is 2. The van der Waals surface area contributed by atoms with Gasteiger partial charge in [0.15, 0.2) is 0 Å². The summed E-state index contributed by atoms with van der Waals surface area (Å²) in [5.41, 5.74) is 0.499. The van der Waals surface area contributed by atoms with Crippen molar-refractivity contribution in [1.29, 1.82) is 0 Å². The average molecular weight is 321 g/mol. The molecule has 2 aromatic carbocycles. The number of halogens is 1. The fourth-order valence-corrected chi connectivity index (χ4v) is 1.95. The Morgan fingerprint density at radius 1 is 1.09 bits per heavy atom. The van der Waals surface area contributed by atoms with E-state index in [9.17, 15) is 14.7 Å². The number of aromatic hydroxyl groups is 1. The van der Waals surface area contributed by atoms with Gasteiger partial charge in [-0.1, -0.05) is 23.7 Å². The van der Waals surface area contributed by atoms with Crippen LogP contribution in [0, 0.1) is 0 Å². The van der Waals surface area contributed by atoms with Crippen molar-refractivity contribution in [3.05, 3.63) is 47.5 Å². The number of phenolic OH excluding ortho intramolecular Hbond substituents is 1. The molecule has 0 aliphatic rings. The summed E-state index contributed by atoms with van der Waals surface area (Å²) in [4.78, 5) is 23.6. The molecule has 2 amide bonds. The van der Waals surface area contributed by atoms with E-state index in [0.29, 0.717) is 16.5 Å². The predicted octanol–water partition coefficient (Wildman–Crippen LogP) is 2.63. The van der Waals surface area contributed by atoms with Gasteiger partial charge < -0.3 is 20.5 Å².